The van der Waals surface area contributed by atoms with Gasteiger partial charge in [0.05, 0.1) is 18.1 Å². The predicted molar refractivity (Wildman–Crippen MR) is 81.5 cm³/mol. The van der Waals surface area contributed by atoms with Crippen LogP contribution in [0.1, 0.15) is 18.3 Å². The maximum absolute atomic E-state index is 10.9. The van der Waals surface area contributed by atoms with Crippen molar-refractivity contribution in [1.29, 1.82) is 0 Å². The smallest absolute Gasteiger partial charge is 0.312 e. The molecule has 1 heterocycles. The molecule has 0 saturated heterocycles. The fraction of sp³-hybridized carbons (Fsp3) is 0.400. The highest BCUT2D eigenvalue weighted by Crippen LogP contribution is 2.22. The van der Waals surface area contributed by atoms with E-state index in [1.54, 1.807) is 18.5 Å². The number of nitro groups is 1. The van der Waals surface area contributed by atoms with Gasteiger partial charge in [0.25, 0.3) is 0 Å². The Morgan fingerprint density at radius 2 is 1.77 bits per heavy atom. The molecule has 22 heavy (non-hydrogen) atoms. The highest BCUT2D eigenvalue weighted by molar-refractivity contribution is 5.39. The molecule has 0 spiro atoms. The SMILES string of the molecule is CCOc1ccc(OCCn2nc(C)c([N+](=O)[O-])c2C)cc1. The van der Waals surface area contributed by atoms with Gasteiger partial charge in [0.2, 0.25) is 0 Å². The molecule has 7 heteroatoms. The summed E-state index contributed by atoms with van der Waals surface area (Å²) in [4.78, 5) is 10.5. The van der Waals surface area contributed by atoms with Crippen molar-refractivity contribution in [3.8, 4) is 11.5 Å². The van der Waals surface area contributed by atoms with Gasteiger partial charge in [-0.3, -0.25) is 14.8 Å². The molecular weight excluding hydrogens is 286 g/mol. The van der Waals surface area contributed by atoms with Crippen molar-refractivity contribution >= 4 is 5.69 Å². The summed E-state index contributed by atoms with van der Waals surface area (Å²) in [6.45, 7) is 6.71. The van der Waals surface area contributed by atoms with Gasteiger partial charge in [-0.15, -0.1) is 0 Å². The maximum atomic E-state index is 10.9. The first-order chi connectivity index (χ1) is 10.5. The Kier molecular flexibility index (Phi) is 4.98. The first kappa shape index (κ1) is 15.8. The van der Waals surface area contributed by atoms with E-state index in [1.807, 2.05) is 31.2 Å². The zero-order chi connectivity index (χ0) is 16.1. The first-order valence-electron chi connectivity index (χ1n) is 7.07. The minimum Gasteiger partial charge on any atom is -0.494 e. The zero-order valence-corrected chi connectivity index (χ0v) is 12.9. The summed E-state index contributed by atoms with van der Waals surface area (Å²) in [5, 5.41) is 15.1. The number of ether oxygens (including phenoxy) is 2. The number of aryl methyl sites for hydroxylation is 1. The molecule has 0 aliphatic rings. The zero-order valence-electron chi connectivity index (χ0n) is 12.9. The topological polar surface area (TPSA) is 79.4 Å². The summed E-state index contributed by atoms with van der Waals surface area (Å²) < 4.78 is 12.6. The Hall–Kier alpha value is -2.57. The van der Waals surface area contributed by atoms with Gasteiger partial charge in [-0.1, -0.05) is 0 Å². The molecule has 0 saturated carbocycles. The third-order valence-electron chi connectivity index (χ3n) is 3.23. The van der Waals surface area contributed by atoms with Crippen LogP contribution in [0.4, 0.5) is 5.69 Å². The van der Waals surface area contributed by atoms with E-state index in [9.17, 15) is 10.1 Å². The third-order valence-corrected chi connectivity index (χ3v) is 3.23. The molecule has 2 rings (SSSR count). The van der Waals surface area contributed by atoms with Crippen molar-refractivity contribution < 1.29 is 14.4 Å². The maximum Gasteiger partial charge on any atom is 0.312 e. The summed E-state index contributed by atoms with van der Waals surface area (Å²) in [5.41, 5.74) is 1.03. The van der Waals surface area contributed by atoms with E-state index in [-0.39, 0.29) is 5.69 Å². The summed E-state index contributed by atoms with van der Waals surface area (Å²) >= 11 is 0. The van der Waals surface area contributed by atoms with E-state index in [4.69, 9.17) is 9.47 Å². The Morgan fingerprint density at radius 3 is 2.27 bits per heavy atom. The van der Waals surface area contributed by atoms with Crippen molar-refractivity contribution in [2.75, 3.05) is 13.2 Å². The second-order valence-electron chi connectivity index (χ2n) is 4.75. The molecular formula is C15H19N3O4. The van der Waals surface area contributed by atoms with Gasteiger partial charge in [0.1, 0.15) is 29.5 Å². The predicted octanol–water partition coefficient (Wildman–Crippen LogP) is 2.89. The Bertz CT molecular complexity index is 650. The molecule has 0 atom stereocenters. The average Bonchev–Trinajstić information content (AvgIpc) is 2.76. The van der Waals surface area contributed by atoms with E-state index in [1.165, 1.54) is 0 Å². The minimum atomic E-state index is -0.401. The van der Waals surface area contributed by atoms with Crippen LogP contribution in [-0.4, -0.2) is 27.9 Å². The number of hydrogen-bond acceptors (Lipinski definition) is 5. The average molecular weight is 305 g/mol. The van der Waals surface area contributed by atoms with Gasteiger partial charge in [-0.05, 0) is 45.0 Å². The lowest BCUT2D eigenvalue weighted by molar-refractivity contribution is -0.386. The lowest BCUT2D eigenvalue weighted by Crippen LogP contribution is -2.11. The standard InChI is InChI=1S/C15H19N3O4/c1-4-21-13-5-7-14(8-6-13)22-10-9-17-12(3)15(18(19)20)11(2)16-17/h5-8H,4,9-10H2,1-3H3. The number of nitrogens with zero attached hydrogens (tertiary/aromatic N) is 3. The van der Waals surface area contributed by atoms with E-state index >= 15 is 0 Å². The number of benzene rings is 1. The van der Waals surface area contributed by atoms with Gasteiger partial charge in [-0.25, -0.2) is 0 Å². The Labute approximate surface area is 128 Å². The summed E-state index contributed by atoms with van der Waals surface area (Å²) in [5.74, 6) is 1.52. The van der Waals surface area contributed by atoms with Crippen LogP contribution >= 0.6 is 0 Å². The van der Waals surface area contributed by atoms with Crippen LogP contribution in [0.15, 0.2) is 24.3 Å². The van der Waals surface area contributed by atoms with Crippen molar-refractivity contribution in [2.45, 2.75) is 27.3 Å². The van der Waals surface area contributed by atoms with Crippen LogP contribution in [0.3, 0.4) is 0 Å². The van der Waals surface area contributed by atoms with Gasteiger partial charge < -0.3 is 9.47 Å². The van der Waals surface area contributed by atoms with Crippen molar-refractivity contribution in [3.63, 3.8) is 0 Å². The quantitative estimate of drug-likeness (QED) is 0.580. The van der Waals surface area contributed by atoms with E-state index in [2.05, 4.69) is 5.10 Å². The van der Waals surface area contributed by atoms with Crippen molar-refractivity contribution in [3.05, 3.63) is 45.8 Å². The molecule has 0 unspecified atom stereocenters. The molecule has 1 aromatic carbocycles. The molecule has 0 aliphatic carbocycles. The fourth-order valence-electron chi connectivity index (χ4n) is 2.22. The van der Waals surface area contributed by atoms with Crippen LogP contribution in [-0.2, 0) is 6.54 Å². The highest BCUT2D eigenvalue weighted by Gasteiger charge is 2.21. The van der Waals surface area contributed by atoms with Crippen molar-refractivity contribution in [2.24, 2.45) is 0 Å². The number of rotatable bonds is 7. The second-order valence-corrected chi connectivity index (χ2v) is 4.75. The molecule has 0 N–H and O–H groups in total. The summed E-state index contributed by atoms with van der Waals surface area (Å²) in [6.07, 6.45) is 0. The molecule has 0 radical (unpaired) electrons. The lowest BCUT2D eigenvalue weighted by Gasteiger charge is -2.08. The molecule has 2 aromatic rings. The van der Waals surface area contributed by atoms with E-state index in [0.29, 0.717) is 31.1 Å². The normalized spacial score (nSPS) is 10.5. The molecule has 0 fully saturated rings. The molecule has 0 aliphatic heterocycles. The second kappa shape index (κ2) is 6.93. The van der Waals surface area contributed by atoms with Gasteiger partial charge >= 0.3 is 5.69 Å². The highest BCUT2D eigenvalue weighted by atomic mass is 16.6. The fourth-order valence-corrected chi connectivity index (χ4v) is 2.22. The van der Waals surface area contributed by atoms with Gasteiger partial charge in [0.15, 0.2) is 0 Å². The van der Waals surface area contributed by atoms with Crippen LogP contribution in [0.25, 0.3) is 0 Å². The molecule has 1 aromatic heterocycles. The van der Waals surface area contributed by atoms with Gasteiger partial charge in [0, 0.05) is 0 Å². The largest absolute Gasteiger partial charge is 0.494 e. The monoisotopic (exact) mass is 305 g/mol. The lowest BCUT2D eigenvalue weighted by atomic mass is 10.3. The Balaban J connectivity index is 1.94. The van der Waals surface area contributed by atoms with Crippen molar-refractivity contribution in [1.82, 2.24) is 9.78 Å². The van der Waals surface area contributed by atoms with E-state index < -0.39 is 4.92 Å². The summed E-state index contributed by atoms with van der Waals surface area (Å²) in [7, 11) is 0. The first-order valence-corrected chi connectivity index (χ1v) is 7.07. The third kappa shape index (κ3) is 3.55. The molecule has 0 amide bonds. The van der Waals surface area contributed by atoms with Gasteiger partial charge in [-0.2, -0.15) is 5.10 Å². The van der Waals surface area contributed by atoms with Crippen LogP contribution in [0.5, 0.6) is 11.5 Å². The van der Waals surface area contributed by atoms with Crippen LogP contribution in [0.2, 0.25) is 0 Å². The number of hydrogen-bond donors (Lipinski definition) is 0. The molecule has 118 valence electrons. The van der Waals surface area contributed by atoms with E-state index in [0.717, 1.165) is 11.5 Å². The number of aromatic nitrogens is 2. The molecule has 7 nitrogen and oxygen atoms in total. The Morgan fingerprint density at radius 1 is 1.18 bits per heavy atom. The molecule has 0 bridgehead atoms. The minimum absolute atomic E-state index is 0.0704. The van der Waals surface area contributed by atoms with Crippen LogP contribution < -0.4 is 9.47 Å². The summed E-state index contributed by atoms with van der Waals surface area (Å²) in [6, 6.07) is 7.34. The van der Waals surface area contributed by atoms with Crippen LogP contribution in [0, 0.1) is 24.0 Å².